The first-order valence-corrected chi connectivity index (χ1v) is 12.8. The van der Waals surface area contributed by atoms with Gasteiger partial charge in [0.05, 0.1) is 11.4 Å². The summed E-state index contributed by atoms with van der Waals surface area (Å²) in [5.41, 5.74) is 3.61. The number of hydroxylamine groups is 1. The monoisotopic (exact) mass is 506 g/mol. The third kappa shape index (κ3) is 8.12. The Labute approximate surface area is 206 Å². The van der Waals surface area contributed by atoms with E-state index in [9.17, 15) is 18.0 Å². The van der Waals surface area contributed by atoms with Crippen molar-refractivity contribution in [3.05, 3.63) is 42.5 Å². The minimum absolute atomic E-state index is 0.0465. The van der Waals surface area contributed by atoms with Crippen LogP contribution in [0.1, 0.15) is 32.1 Å². The van der Waals surface area contributed by atoms with E-state index in [0.717, 1.165) is 5.69 Å². The number of hydrogen-bond acceptors (Lipinski definition) is 8. The van der Waals surface area contributed by atoms with Crippen molar-refractivity contribution in [2.45, 2.75) is 43.0 Å². The van der Waals surface area contributed by atoms with E-state index >= 15 is 0 Å². The summed E-state index contributed by atoms with van der Waals surface area (Å²) >= 11 is 0. The normalized spacial score (nSPS) is 11.9. The third-order valence-electron chi connectivity index (χ3n) is 5.36. The van der Waals surface area contributed by atoms with Crippen molar-refractivity contribution in [1.29, 1.82) is 0 Å². The topological polar surface area (TPSA) is 161 Å². The zero-order valence-corrected chi connectivity index (χ0v) is 21.0. The Morgan fingerprint density at radius 3 is 2.06 bits per heavy atom. The average molecular weight is 507 g/mol. The molecule has 7 N–H and O–H groups in total. The summed E-state index contributed by atoms with van der Waals surface area (Å²) in [5, 5.41) is 20.6. The Morgan fingerprint density at radius 1 is 0.886 bits per heavy atom. The Hall–Kier alpha value is -3.35. The van der Waals surface area contributed by atoms with E-state index in [4.69, 9.17) is 5.21 Å². The highest BCUT2D eigenvalue weighted by molar-refractivity contribution is 7.89. The largest absolute Gasteiger partial charge is 0.388 e. The van der Waals surface area contributed by atoms with E-state index in [2.05, 4.69) is 26.0 Å². The van der Waals surface area contributed by atoms with Crippen LogP contribution in [0.15, 0.2) is 47.4 Å². The van der Waals surface area contributed by atoms with Gasteiger partial charge in [0.1, 0.15) is 10.9 Å². The van der Waals surface area contributed by atoms with E-state index in [-0.39, 0.29) is 17.2 Å². The maximum absolute atomic E-state index is 13.2. The lowest BCUT2D eigenvalue weighted by molar-refractivity contribution is -0.131. The molecule has 0 aromatic heterocycles. The fraction of sp³-hybridized carbons (Fsp3) is 0.391. The molecular weight excluding hydrogens is 472 g/mol. The summed E-state index contributed by atoms with van der Waals surface area (Å²) in [4.78, 5) is 24.2. The highest BCUT2D eigenvalue weighted by Crippen LogP contribution is 2.33. The van der Waals surface area contributed by atoms with E-state index in [1.165, 1.54) is 5.48 Å². The van der Waals surface area contributed by atoms with Gasteiger partial charge in [-0.2, -0.15) is 4.72 Å². The number of anilines is 4. The maximum atomic E-state index is 13.2. The minimum Gasteiger partial charge on any atom is -0.388 e. The van der Waals surface area contributed by atoms with Crippen LogP contribution in [0.5, 0.6) is 0 Å². The summed E-state index contributed by atoms with van der Waals surface area (Å²) in [6.45, 7) is 0. The molecule has 0 aliphatic heterocycles. The molecule has 0 spiro atoms. The van der Waals surface area contributed by atoms with Gasteiger partial charge in [-0.3, -0.25) is 14.8 Å². The fourth-order valence-electron chi connectivity index (χ4n) is 3.56. The standard InChI is InChI=1S/C23H34N6O5S/c1-24-17-14-19(25-2)22(20(15-17)26-3)35(33,34)29-18(23(31)28-32)12-8-5-9-13-21(30)27-16-10-6-4-7-11-16/h4,6-7,10-11,14-15,18,24-26,29,32H,5,8-9,12-13H2,1-3H3,(H,27,30)(H,28,31)/t18-/m0/s1. The molecule has 0 radical (unpaired) electrons. The predicted molar refractivity (Wildman–Crippen MR) is 137 cm³/mol. The molecule has 0 aliphatic carbocycles. The Bertz CT molecular complexity index is 1070. The van der Waals surface area contributed by atoms with Gasteiger partial charge in [0.15, 0.2) is 0 Å². The van der Waals surface area contributed by atoms with E-state index in [1.54, 1.807) is 45.4 Å². The van der Waals surface area contributed by atoms with Crippen LogP contribution in [0.3, 0.4) is 0 Å². The average Bonchev–Trinajstić information content (AvgIpc) is 2.86. The molecule has 0 unspecified atom stereocenters. The van der Waals surface area contributed by atoms with Crippen molar-refractivity contribution in [2.75, 3.05) is 42.4 Å². The SMILES string of the molecule is CNc1cc(NC)c(S(=O)(=O)N[C@@H](CCCCCC(=O)Nc2ccccc2)C(=O)NO)c(NC)c1. The summed E-state index contributed by atoms with van der Waals surface area (Å²) in [6.07, 6.45) is 2.07. The molecule has 0 heterocycles. The molecule has 2 aromatic rings. The van der Waals surface area contributed by atoms with E-state index < -0.39 is 22.0 Å². The highest BCUT2D eigenvalue weighted by Gasteiger charge is 2.29. The molecule has 0 aliphatic rings. The van der Waals surface area contributed by atoms with Crippen LogP contribution in [0.2, 0.25) is 0 Å². The molecule has 12 heteroatoms. The first kappa shape index (κ1) is 27.9. The van der Waals surface area contributed by atoms with Gasteiger partial charge in [-0.25, -0.2) is 13.9 Å². The van der Waals surface area contributed by atoms with Crippen molar-refractivity contribution >= 4 is 44.6 Å². The van der Waals surface area contributed by atoms with Gasteiger partial charge in [-0.05, 0) is 37.1 Å². The minimum atomic E-state index is -4.15. The third-order valence-corrected chi connectivity index (χ3v) is 6.94. The number of carbonyl (C=O) groups is 2. The lowest BCUT2D eigenvalue weighted by Crippen LogP contribution is -2.46. The summed E-state index contributed by atoms with van der Waals surface area (Å²) in [5.74, 6) is -0.981. The molecule has 192 valence electrons. The predicted octanol–water partition coefficient (Wildman–Crippen LogP) is 2.55. The second-order valence-corrected chi connectivity index (χ2v) is 9.46. The number of sulfonamides is 1. The number of benzene rings is 2. The van der Waals surface area contributed by atoms with Crippen molar-refractivity contribution in [3.8, 4) is 0 Å². The first-order chi connectivity index (χ1) is 16.7. The number of carbonyl (C=O) groups excluding carboxylic acids is 2. The van der Waals surface area contributed by atoms with Gasteiger partial charge in [0.2, 0.25) is 15.9 Å². The van der Waals surface area contributed by atoms with Gasteiger partial charge >= 0.3 is 0 Å². The summed E-state index contributed by atoms with van der Waals surface area (Å²) in [6, 6.07) is 11.2. The lowest BCUT2D eigenvalue weighted by Gasteiger charge is -2.21. The van der Waals surface area contributed by atoms with Crippen molar-refractivity contribution in [3.63, 3.8) is 0 Å². The van der Waals surface area contributed by atoms with E-state index in [0.29, 0.717) is 42.7 Å². The first-order valence-electron chi connectivity index (χ1n) is 11.3. The van der Waals surface area contributed by atoms with Gasteiger partial charge in [-0.15, -0.1) is 0 Å². The zero-order chi connectivity index (χ0) is 25.8. The van der Waals surface area contributed by atoms with Gasteiger partial charge in [0.25, 0.3) is 5.91 Å². The van der Waals surface area contributed by atoms with Crippen molar-refractivity contribution in [2.24, 2.45) is 0 Å². The van der Waals surface area contributed by atoms with Crippen LogP contribution in [0.25, 0.3) is 0 Å². The van der Waals surface area contributed by atoms with Crippen LogP contribution in [-0.2, 0) is 19.6 Å². The number of unbranched alkanes of at least 4 members (excludes halogenated alkanes) is 2. The zero-order valence-electron chi connectivity index (χ0n) is 20.1. The van der Waals surface area contributed by atoms with Crippen LogP contribution in [0, 0.1) is 0 Å². The molecule has 35 heavy (non-hydrogen) atoms. The van der Waals surface area contributed by atoms with Gasteiger partial charge < -0.3 is 21.3 Å². The van der Waals surface area contributed by atoms with Gasteiger partial charge in [-0.1, -0.05) is 31.0 Å². The second-order valence-electron chi connectivity index (χ2n) is 7.81. The molecule has 0 saturated heterocycles. The Balaban J connectivity index is 2.01. The molecular formula is C23H34N6O5S. The molecule has 1 atom stereocenters. The molecule has 0 bridgehead atoms. The van der Waals surface area contributed by atoms with E-state index in [1.807, 2.05) is 18.2 Å². The van der Waals surface area contributed by atoms with Crippen LogP contribution in [0.4, 0.5) is 22.7 Å². The number of hydrogen-bond donors (Lipinski definition) is 7. The fourth-order valence-corrected chi connectivity index (χ4v) is 5.18. The molecule has 2 amide bonds. The number of para-hydroxylation sites is 1. The van der Waals surface area contributed by atoms with Crippen molar-refractivity contribution < 1.29 is 23.2 Å². The lowest BCUT2D eigenvalue weighted by atomic mass is 10.1. The second kappa shape index (κ2) is 13.5. The Kier molecular flexibility index (Phi) is 10.8. The Morgan fingerprint density at radius 2 is 1.51 bits per heavy atom. The smallest absolute Gasteiger partial charge is 0.261 e. The molecule has 2 aromatic carbocycles. The molecule has 11 nitrogen and oxygen atoms in total. The molecule has 0 saturated carbocycles. The number of rotatable bonds is 14. The van der Waals surface area contributed by atoms with Crippen molar-refractivity contribution in [1.82, 2.24) is 10.2 Å². The highest BCUT2D eigenvalue weighted by atomic mass is 32.2. The molecule has 2 rings (SSSR count). The molecule has 0 fully saturated rings. The van der Waals surface area contributed by atoms with Gasteiger partial charge in [0, 0.05) is 38.9 Å². The summed E-state index contributed by atoms with van der Waals surface area (Å²) in [7, 11) is 0.754. The van der Waals surface area contributed by atoms with Crippen LogP contribution >= 0.6 is 0 Å². The van der Waals surface area contributed by atoms with Crippen LogP contribution in [-0.4, -0.2) is 52.6 Å². The van der Waals surface area contributed by atoms with Crippen LogP contribution < -0.4 is 31.5 Å². The maximum Gasteiger partial charge on any atom is 0.261 e. The summed E-state index contributed by atoms with van der Waals surface area (Å²) < 4.78 is 28.9. The quantitative estimate of drug-likeness (QED) is 0.117. The number of amides is 2. The number of nitrogens with one attached hydrogen (secondary N) is 6.